The zero-order chi connectivity index (χ0) is 13.0. The molecule has 2 rings (SSSR count). The molecule has 1 heterocycles. The van der Waals surface area contributed by atoms with Crippen molar-refractivity contribution in [3.8, 4) is 0 Å². The number of aromatic nitrogens is 2. The van der Waals surface area contributed by atoms with Gasteiger partial charge in [0.2, 0.25) is 5.91 Å². The molecule has 1 aromatic heterocycles. The number of carbonyl (C=O) groups is 1. The first-order valence-electron chi connectivity index (χ1n) is 6.64. The number of hydrogen-bond acceptors (Lipinski definition) is 3. The summed E-state index contributed by atoms with van der Waals surface area (Å²) in [6.07, 6.45) is 8.00. The number of imidazole rings is 1. The van der Waals surface area contributed by atoms with E-state index in [1.54, 1.807) is 12.5 Å². The highest BCUT2D eigenvalue weighted by Gasteiger charge is 2.37. The Morgan fingerprint density at radius 2 is 2.56 bits per heavy atom. The molecule has 1 aromatic rings. The normalized spacial score (nSPS) is 28.0. The summed E-state index contributed by atoms with van der Waals surface area (Å²) in [5.41, 5.74) is 6.59. The third-order valence-corrected chi connectivity index (χ3v) is 3.72. The Bertz CT molecular complexity index is 390. The lowest BCUT2D eigenvalue weighted by Gasteiger charge is -2.35. The molecule has 0 bridgehead atoms. The smallest absolute Gasteiger partial charge is 0.240 e. The van der Waals surface area contributed by atoms with E-state index in [0.717, 1.165) is 31.4 Å². The van der Waals surface area contributed by atoms with Crippen LogP contribution < -0.4 is 11.1 Å². The summed E-state index contributed by atoms with van der Waals surface area (Å²) < 4.78 is 0. The lowest BCUT2D eigenvalue weighted by atomic mass is 9.76. The Morgan fingerprint density at radius 1 is 1.72 bits per heavy atom. The molecule has 1 fully saturated rings. The summed E-state index contributed by atoms with van der Waals surface area (Å²) in [5.74, 6) is 0.538. The van der Waals surface area contributed by atoms with Crippen LogP contribution in [-0.2, 0) is 11.2 Å². The molecule has 2 unspecified atom stereocenters. The molecule has 1 amide bonds. The van der Waals surface area contributed by atoms with E-state index >= 15 is 0 Å². The van der Waals surface area contributed by atoms with E-state index in [1.807, 2.05) is 0 Å². The Kier molecular flexibility index (Phi) is 4.01. The van der Waals surface area contributed by atoms with Gasteiger partial charge in [-0.2, -0.15) is 0 Å². The first-order valence-corrected chi connectivity index (χ1v) is 6.64. The summed E-state index contributed by atoms with van der Waals surface area (Å²) >= 11 is 0. The lowest BCUT2D eigenvalue weighted by Crippen LogP contribution is -2.56. The van der Waals surface area contributed by atoms with Crippen molar-refractivity contribution in [2.45, 2.75) is 44.6 Å². The van der Waals surface area contributed by atoms with Crippen LogP contribution in [0.5, 0.6) is 0 Å². The van der Waals surface area contributed by atoms with E-state index in [4.69, 9.17) is 5.73 Å². The molecular weight excluding hydrogens is 228 g/mol. The Balaban J connectivity index is 1.80. The van der Waals surface area contributed by atoms with Crippen LogP contribution in [0.2, 0.25) is 0 Å². The number of rotatable bonds is 4. The van der Waals surface area contributed by atoms with Crippen LogP contribution in [0.15, 0.2) is 12.5 Å². The predicted octanol–water partition coefficient (Wildman–Crippen LogP) is 0.976. The van der Waals surface area contributed by atoms with Crippen molar-refractivity contribution >= 4 is 5.91 Å². The Hall–Kier alpha value is -1.36. The summed E-state index contributed by atoms with van der Waals surface area (Å²) in [5, 5.41) is 2.94. The van der Waals surface area contributed by atoms with Crippen LogP contribution in [0.3, 0.4) is 0 Å². The topological polar surface area (TPSA) is 83.8 Å². The molecule has 0 spiro atoms. The molecule has 1 aliphatic carbocycles. The van der Waals surface area contributed by atoms with Gasteiger partial charge in [-0.05, 0) is 18.8 Å². The number of aromatic amines is 1. The number of hydrogen-bond donors (Lipinski definition) is 3. The molecule has 0 radical (unpaired) electrons. The molecule has 100 valence electrons. The van der Waals surface area contributed by atoms with Crippen LogP contribution in [0.25, 0.3) is 0 Å². The predicted molar refractivity (Wildman–Crippen MR) is 69.9 cm³/mol. The van der Waals surface area contributed by atoms with Gasteiger partial charge >= 0.3 is 0 Å². The van der Waals surface area contributed by atoms with Gasteiger partial charge < -0.3 is 16.0 Å². The van der Waals surface area contributed by atoms with Crippen molar-refractivity contribution in [1.29, 1.82) is 0 Å². The average molecular weight is 250 g/mol. The molecule has 0 saturated heterocycles. The van der Waals surface area contributed by atoms with Crippen LogP contribution >= 0.6 is 0 Å². The van der Waals surface area contributed by atoms with Gasteiger partial charge in [0, 0.05) is 24.9 Å². The van der Waals surface area contributed by atoms with Crippen molar-refractivity contribution in [1.82, 2.24) is 15.3 Å². The fourth-order valence-corrected chi connectivity index (χ4v) is 2.71. The number of amides is 1. The standard InChI is InChI=1S/C13H22N4O/c1-10-3-2-5-13(14,7-10)12(18)16-6-4-11-8-15-9-17-11/h8-10H,2-7,14H2,1H3,(H,15,17)(H,16,18). The second kappa shape index (κ2) is 5.52. The highest BCUT2D eigenvalue weighted by Crippen LogP contribution is 2.30. The van der Waals surface area contributed by atoms with Gasteiger partial charge in [-0.3, -0.25) is 4.79 Å². The fourth-order valence-electron chi connectivity index (χ4n) is 2.71. The van der Waals surface area contributed by atoms with E-state index in [9.17, 15) is 4.79 Å². The second-order valence-electron chi connectivity index (χ2n) is 5.44. The molecule has 0 aliphatic heterocycles. The monoisotopic (exact) mass is 250 g/mol. The molecular formula is C13H22N4O. The zero-order valence-electron chi connectivity index (χ0n) is 10.9. The summed E-state index contributed by atoms with van der Waals surface area (Å²) in [7, 11) is 0. The second-order valence-corrected chi connectivity index (χ2v) is 5.44. The van der Waals surface area contributed by atoms with E-state index in [1.165, 1.54) is 6.42 Å². The van der Waals surface area contributed by atoms with Crippen LogP contribution in [0, 0.1) is 5.92 Å². The Labute approximate surface area is 108 Å². The summed E-state index contributed by atoms with van der Waals surface area (Å²) in [6.45, 7) is 2.77. The maximum Gasteiger partial charge on any atom is 0.240 e. The maximum atomic E-state index is 12.1. The van der Waals surface area contributed by atoms with E-state index in [2.05, 4.69) is 22.2 Å². The Morgan fingerprint density at radius 3 is 3.22 bits per heavy atom. The third-order valence-electron chi connectivity index (χ3n) is 3.72. The van der Waals surface area contributed by atoms with Crippen LogP contribution in [0.4, 0.5) is 0 Å². The molecule has 1 aliphatic rings. The van der Waals surface area contributed by atoms with Gasteiger partial charge in [-0.15, -0.1) is 0 Å². The zero-order valence-corrected chi connectivity index (χ0v) is 10.9. The molecule has 18 heavy (non-hydrogen) atoms. The van der Waals surface area contributed by atoms with Gasteiger partial charge in [0.1, 0.15) is 0 Å². The van der Waals surface area contributed by atoms with E-state index in [-0.39, 0.29) is 5.91 Å². The average Bonchev–Trinajstić information content (AvgIpc) is 2.81. The number of H-pyrrole nitrogens is 1. The summed E-state index contributed by atoms with van der Waals surface area (Å²) in [4.78, 5) is 19.1. The fraction of sp³-hybridized carbons (Fsp3) is 0.692. The molecule has 4 N–H and O–H groups in total. The minimum absolute atomic E-state index is 0.00596. The summed E-state index contributed by atoms with van der Waals surface area (Å²) in [6, 6.07) is 0. The molecule has 5 heteroatoms. The van der Waals surface area contributed by atoms with Crippen molar-refractivity contribution < 1.29 is 4.79 Å². The maximum absolute atomic E-state index is 12.1. The van der Waals surface area contributed by atoms with E-state index < -0.39 is 5.54 Å². The van der Waals surface area contributed by atoms with Crippen molar-refractivity contribution in [3.05, 3.63) is 18.2 Å². The van der Waals surface area contributed by atoms with Gasteiger partial charge in [0.25, 0.3) is 0 Å². The molecule has 1 saturated carbocycles. The molecule has 5 nitrogen and oxygen atoms in total. The van der Waals surface area contributed by atoms with Gasteiger partial charge in [0.05, 0.1) is 11.9 Å². The van der Waals surface area contributed by atoms with E-state index in [0.29, 0.717) is 12.5 Å². The number of nitrogens with one attached hydrogen (secondary N) is 2. The van der Waals surface area contributed by atoms with Gasteiger partial charge in [-0.25, -0.2) is 4.98 Å². The van der Waals surface area contributed by atoms with Crippen molar-refractivity contribution in [2.75, 3.05) is 6.54 Å². The molecule has 0 aromatic carbocycles. The quantitative estimate of drug-likeness (QED) is 0.744. The minimum atomic E-state index is -0.661. The van der Waals surface area contributed by atoms with Crippen LogP contribution in [0.1, 0.15) is 38.3 Å². The first-order chi connectivity index (χ1) is 8.60. The first kappa shape index (κ1) is 13.1. The number of nitrogens with two attached hydrogens (primary N) is 1. The SMILES string of the molecule is CC1CCCC(N)(C(=O)NCCc2cnc[nH]2)C1. The highest BCUT2D eigenvalue weighted by atomic mass is 16.2. The number of nitrogens with zero attached hydrogens (tertiary/aromatic N) is 1. The largest absolute Gasteiger partial charge is 0.354 e. The minimum Gasteiger partial charge on any atom is -0.354 e. The highest BCUT2D eigenvalue weighted by molar-refractivity contribution is 5.86. The molecule has 2 atom stereocenters. The van der Waals surface area contributed by atoms with Crippen molar-refractivity contribution in [2.24, 2.45) is 11.7 Å². The third kappa shape index (κ3) is 3.10. The lowest BCUT2D eigenvalue weighted by molar-refractivity contribution is -0.128. The van der Waals surface area contributed by atoms with Gasteiger partial charge in [-0.1, -0.05) is 19.8 Å². The number of carbonyl (C=O) groups excluding carboxylic acids is 1. The van der Waals surface area contributed by atoms with Gasteiger partial charge in [0.15, 0.2) is 0 Å². The van der Waals surface area contributed by atoms with Crippen LogP contribution in [-0.4, -0.2) is 28.0 Å². The van der Waals surface area contributed by atoms with Crippen molar-refractivity contribution in [3.63, 3.8) is 0 Å².